The maximum atomic E-state index is 13.0. The van der Waals surface area contributed by atoms with Gasteiger partial charge in [-0.25, -0.2) is 14.1 Å². The summed E-state index contributed by atoms with van der Waals surface area (Å²) in [6.45, 7) is 0.544. The Kier molecular flexibility index (Phi) is 5.01. The normalized spacial score (nSPS) is 10.7. The van der Waals surface area contributed by atoms with Gasteiger partial charge in [-0.15, -0.1) is 5.10 Å². The minimum atomic E-state index is -0.327. The van der Waals surface area contributed by atoms with Crippen molar-refractivity contribution in [2.24, 2.45) is 0 Å². The number of halogens is 1. The van der Waals surface area contributed by atoms with Crippen LogP contribution in [0.2, 0.25) is 0 Å². The van der Waals surface area contributed by atoms with Gasteiger partial charge in [0.1, 0.15) is 11.6 Å². The van der Waals surface area contributed by atoms with Gasteiger partial charge < -0.3 is 4.74 Å². The fourth-order valence-corrected chi connectivity index (χ4v) is 2.96. The van der Waals surface area contributed by atoms with E-state index in [2.05, 4.69) is 25.5 Å². The van der Waals surface area contributed by atoms with Gasteiger partial charge in [0.05, 0.1) is 6.54 Å². The molecule has 0 spiro atoms. The minimum absolute atomic E-state index is 0.327. The molecule has 0 aliphatic heterocycles. The van der Waals surface area contributed by atoms with E-state index in [9.17, 15) is 4.39 Å². The number of hydrogen-bond acceptors (Lipinski definition) is 7. The van der Waals surface area contributed by atoms with Crippen LogP contribution in [0.15, 0.2) is 77.2 Å². The quantitative estimate of drug-likeness (QED) is 0.473. The predicted octanol–water partition coefficient (Wildman–Crippen LogP) is 3.59. The van der Waals surface area contributed by atoms with Crippen LogP contribution in [0.3, 0.4) is 0 Å². The highest BCUT2D eigenvalue weighted by molar-refractivity contribution is 7.99. The lowest BCUT2D eigenvalue weighted by molar-refractivity contribution is 0.454. The Labute approximate surface area is 158 Å². The van der Waals surface area contributed by atoms with Crippen LogP contribution < -0.4 is 4.74 Å². The van der Waals surface area contributed by atoms with E-state index in [1.54, 1.807) is 16.9 Å². The van der Waals surface area contributed by atoms with Gasteiger partial charge >= 0.3 is 0 Å². The molecule has 0 amide bonds. The maximum Gasteiger partial charge on any atom is 0.223 e. The van der Waals surface area contributed by atoms with Gasteiger partial charge in [0, 0.05) is 12.3 Å². The van der Waals surface area contributed by atoms with E-state index in [0.29, 0.717) is 28.5 Å². The molecule has 134 valence electrons. The third kappa shape index (κ3) is 4.45. The predicted molar refractivity (Wildman–Crippen MR) is 96.0 cm³/mol. The molecular formula is C18H13FN6OS. The third-order valence-corrected chi connectivity index (χ3v) is 4.36. The minimum Gasteiger partial charge on any atom is -0.439 e. The van der Waals surface area contributed by atoms with E-state index in [1.165, 1.54) is 36.0 Å². The van der Waals surface area contributed by atoms with Crippen LogP contribution in [0.25, 0.3) is 0 Å². The summed E-state index contributed by atoms with van der Waals surface area (Å²) in [5, 5.41) is 12.8. The maximum absolute atomic E-state index is 13.0. The van der Waals surface area contributed by atoms with Crippen molar-refractivity contribution in [1.82, 2.24) is 30.2 Å². The first kappa shape index (κ1) is 17.1. The zero-order valence-electron chi connectivity index (χ0n) is 13.9. The molecule has 0 bridgehead atoms. The molecule has 0 radical (unpaired) electrons. The molecule has 0 atom stereocenters. The largest absolute Gasteiger partial charge is 0.439 e. The SMILES string of the molecule is Fc1ccc(Oc2ccnc(Sc3nnnn3Cc3ccccc3)n2)cc1. The molecule has 0 unspecified atom stereocenters. The molecule has 27 heavy (non-hydrogen) atoms. The van der Waals surface area contributed by atoms with Crippen molar-refractivity contribution in [3.63, 3.8) is 0 Å². The summed E-state index contributed by atoms with van der Waals surface area (Å²) in [4.78, 5) is 8.56. The van der Waals surface area contributed by atoms with E-state index in [0.717, 1.165) is 5.56 Å². The highest BCUT2D eigenvalue weighted by Crippen LogP contribution is 2.25. The first-order chi connectivity index (χ1) is 13.3. The van der Waals surface area contributed by atoms with Crippen LogP contribution in [0.5, 0.6) is 11.6 Å². The lowest BCUT2D eigenvalue weighted by atomic mass is 10.2. The molecule has 2 aromatic heterocycles. The van der Waals surface area contributed by atoms with Crippen molar-refractivity contribution in [3.8, 4) is 11.6 Å². The van der Waals surface area contributed by atoms with Gasteiger partial charge in [-0.05, 0) is 52.0 Å². The number of aromatic nitrogens is 6. The lowest BCUT2D eigenvalue weighted by Crippen LogP contribution is -2.04. The first-order valence-electron chi connectivity index (χ1n) is 8.01. The number of ether oxygens (including phenoxy) is 1. The molecule has 2 aromatic carbocycles. The highest BCUT2D eigenvalue weighted by Gasteiger charge is 2.12. The first-order valence-corrected chi connectivity index (χ1v) is 8.82. The van der Waals surface area contributed by atoms with Crippen LogP contribution in [0.1, 0.15) is 5.56 Å². The van der Waals surface area contributed by atoms with E-state index in [1.807, 2.05) is 30.3 Å². The molecule has 0 saturated heterocycles. The van der Waals surface area contributed by atoms with Crippen molar-refractivity contribution >= 4 is 11.8 Å². The van der Waals surface area contributed by atoms with Gasteiger partial charge in [-0.3, -0.25) is 0 Å². The summed E-state index contributed by atoms with van der Waals surface area (Å²) in [6, 6.07) is 17.2. The Bertz CT molecular complexity index is 1030. The fraction of sp³-hybridized carbons (Fsp3) is 0.0556. The van der Waals surface area contributed by atoms with Crippen molar-refractivity contribution in [3.05, 3.63) is 78.2 Å². The Morgan fingerprint density at radius 3 is 2.63 bits per heavy atom. The van der Waals surface area contributed by atoms with Crippen molar-refractivity contribution in [2.45, 2.75) is 16.9 Å². The molecule has 4 rings (SSSR count). The molecule has 2 heterocycles. The van der Waals surface area contributed by atoms with Crippen LogP contribution in [-0.4, -0.2) is 30.2 Å². The van der Waals surface area contributed by atoms with Crippen LogP contribution in [0.4, 0.5) is 4.39 Å². The lowest BCUT2D eigenvalue weighted by Gasteiger charge is -2.06. The Hall–Kier alpha value is -3.33. The average Bonchev–Trinajstić information content (AvgIpc) is 3.11. The smallest absolute Gasteiger partial charge is 0.223 e. The molecule has 7 nitrogen and oxygen atoms in total. The molecule has 9 heteroatoms. The Morgan fingerprint density at radius 1 is 1.00 bits per heavy atom. The monoisotopic (exact) mass is 380 g/mol. The summed E-state index contributed by atoms with van der Waals surface area (Å²) in [5.41, 5.74) is 1.08. The molecule has 0 saturated carbocycles. The Morgan fingerprint density at radius 2 is 1.81 bits per heavy atom. The van der Waals surface area contributed by atoms with Crippen molar-refractivity contribution in [1.29, 1.82) is 0 Å². The number of nitrogens with zero attached hydrogens (tertiary/aromatic N) is 6. The van der Waals surface area contributed by atoms with E-state index in [-0.39, 0.29) is 5.82 Å². The molecule has 4 aromatic rings. The van der Waals surface area contributed by atoms with Gasteiger partial charge in [-0.2, -0.15) is 4.98 Å². The van der Waals surface area contributed by atoms with Crippen LogP contribution in [-0.2, 0) is 6.54 Å². The summed E-state index contributed by atoms with van der Waals surface area (Å²) < 4.78 is 20.3. The van der Waals surface area contributed by atoms with Crippen LogP contribution >= 0.6 is 11.8 Å². The second-order valence-electron chi connectivity index (χ2n) is 5.44. The second-order valence-corrected chi connectivity index (χ2v) is 6.37. The standard InChI is InChI=1S/C18H13FN6OS/c19-14-6-8-15(9-7-14)26-16-10-11-20-17(21-16)27-18-22-23-24-25(18)12-13-4-2-1-3-5-13/h1-11H,12H2. The van der Waals surface area contributed by atoms with Crippen LogP contribution in [0, 0.1) is 5.82 Å². The van der Waals surface area contributed by atoms with Crippen molar-refractivity contribution < 1.29 is 9.13 Å². The fourth-order valence-electron chi connectivity index (χ4n) is 2.26. The Balaban J connectivity index is 1.49. The summed E-state index contributed by atoms with van der Waals surface area (Å²) in [6.07, 6.45) is 1.58. The average molecular weight is 380 g/mol. The van der Waals surface area contributed by atoms with Gasteiger partial charge in [0.15, 0.2) is 5.16 Å². The topological polar surface area (TPSA) is 78.6 Å². The highest BCUT2D eigenvalue weighted by atomic mass is 32.2. The number of tetrazole rings is 1. The van der Waals surface area contributed by atoms with Gasteiger partial charge in [0.2, 0.25) is 11.0 Å². The third-order valence-electron chi connectivity index (χ3n) is 3.50. The van der Waals surface area contributed by atoms with Gasteiger partial charge in [0.25, 0.3) is 0 Å². The van der Waals surface area contributed by atoms with E-state index >= 15 is 0 Å². The van der Waals surface area contributed by atoms with Gasteiger partial charge in [-0.1, -0.05) is 30.3 Å². The molecule has 0 aliphatic rings. The number of hydrogen-bond donors (Lipinski definition) is 0. The molecular weight excluding hydrogens is 367 g/mol. The van der Waals surface area contributed by atoms with E-state index < -0.39 is 0 Å². The van der Waals surface area contributed by atoms with Crippen molar-refractivity contribution in [2.75, 3.05) is 0 Å². The molecule has 0 aliphatic carbocycles. The summed E-state index contributed by atoms with van der Waals surface area (Å²) in [7, 11) is 0. The zero-order chi connectivity index (χ0) is 18.5. The molecule has 0 N–H and O–H groups in total. The van der Waals surface area contributed by atoms with E-state index in [4.69, 9.17) is 4.74 Å². The molecule has 0 fully saturated rings. The summed E-state index contributed by atoms with van der Waals surface area (Å²) in [5.74, 6) is 0.507. The second kappa shape index (κ2) is 7.92. The zero-order valence-corrected chi connectivity index (χ0v) is 14.8. The number of benzene rings is 2. The number of rotatable bonds is 6. The summed E-state index contributed by atoms with van der Waals surface area (Å²) >= 11 is 1.23.